The molecule has 0 aliphatic carbocycles. The van der Waals surface area contributed by atoms with E-state index in [4.69, 9.17) is 5.73 Å². The fourth-order valence-electron chi connectivity index (χ4n) is 1.38. The van der Waals surface area contributed by atoms with Crippen LogP contribution in [-0.2, 0) is 0 Å². The summed E-state index contributed by atoms with van der Waals surface area (Å²) >= 11 is 0. The summed E-state index contributed by atoms with van der Waals surface area (Å²) in [6, 6.07) is 3.39. The lowest BCUT2D eigenvalue weighted by atomic mass is 9.97. The van der Waals surface area contributed by atoms with E-state index in [2.05, 4.69) is 4.98 Å². The number of hydrogen-bond acceptors (Lipinski definition) is 2. The lowest BCUT2D eigenvalue weighted by Crippen LogP contribution is -2.10. The Kier molecular flexibility index (Phi) is 3.55. The van der Waals surface area contributed by atoms with Gasteiger partial charge < -0.3 is 5.73 Å². The van der Waals surface area contributed by atoms with Gasteiger partial charge in [-0.05, 0) is 24.0 Å². The number of rotatable bonds is 3. The van der Waals surface area contributed by atoms with Crippen LogP contribution in [-0.4, -0.2) is 11.2 Å². The Hall–Kier alpha value is -1.26. The van der Waals surface area contributed by atoms with Gasteiger partial charge in [-0.25, -0.2) is 4.98 Å². The summed E-state index contributed by atoms with van der Waals surface area (Å²) in [7, 11) is 0. The van der Waals surface area contributed by atoms with Crippen LogP contribution >= 0.6 is 0 Å². The summed E-state index contributed by atoms with van der Waals surface area (Å²) in [5, 5.41) is 0. The lowest BCUT2D eigenvalue weighted by molar-refractivity contribution is -0.136. The number of halogens is 3. The first kappa shape index (κ1) is 11.8. The number of alkyl halides is 3. The smallest absolute Gasteiger partial charge is 0.383 e. The van der Waals surface area contributed by atoms with Crippen LogP contribution in [0.15, 0.2) is 18.3 Å². The van der Waals surface area contributed by atoms with Crippen LogP contribution in [0.5, 0.6) is 0 Å². The highest BCUT2D eigenvalue weighted by Crippen LogP contribution is 2.30. The maximum absolute atomic E-state index is 12.0. The number of aromatic nitrogens is 1. The molecule has 0 bridgehead atoms. The quantitative estimate of drug-likeness (QED) is 0.846. The van der Waals surface area contributed by atoms with Crippen molar-refractivity contribution in [1.82, 2.24) is 4.98 Å². The second-order valence-corrected chi connectivity index (χ2v) is 3.53. The van der Waals surface area contributed by atoms with Crippen molar-refractivity contribution in [3.63, 3.8) is 0 Å². The molecule has 0 aliphatic heterocycles. The first-order valence-electron chi connectivity index (χ1n) is 4.67. The Bertz CT molecular complexity index is 323. The zero-order chi connectivity index (χ0) is 11.5. The molecule has 84 valence electrons. The van der Waals surface area contributed by atoms with Gasteiger partial charge >= 0.3 is 6.18 Å². The highest BCUT2D eigenvalue weighted by Gasteiger charge is 2.27. The first-order chi connectivity index (χ1) is 6.90. The molecule has 0 aromatic carbocycles. The zero-order valence-corrected chi connectivity index (χ0v) is 8.38. The van der Waals surface area contributed by atoms with E-state index in [1.165, 1.54) is 6.20 Å². The van der Waals surface area contributed by atoms with E-state index < -0.39 is 12.6 Å². The van der Waals surface area contributed by atoms with Crippen LogP contribution in [0.1, 0.15) is 31.2 Å². The molecule has 1 heterocycles. The molecular weight excluding hydrogens is 205 g/mol. The van der Waals surface area contributed by atoms with E-state index in [9.17, 15) is 13.2 Å². The minimum atomic E-state index is -4.11. The van der Waals surface area contributed by atoms with Gasteiger partial charge in [-0.1, -0.05) is 13.0 Å². The molecule has 0 saturated heterocycles. The van der Waals surface area contributed by atoms with Crippen molar-refractivity contribution in [2.75, 3.05) is 5.73 Å². The van der Waals surface area contributed by atoms with E-state index in [1.807, 2.05) is 0 Å². The van der Waals surface area contributed by atoms with E-state index in [0.29, 0.717) is 11.4 Å². The Labute approximate surface area is 86.3 Å². The molecule has 1 atom stereocenters. The van der Waals surface area contributed by atoms with Gasteiger partial charge in [-0.2, -0.15) is 13.2 Å². The van der Waals surface area contributed by atoms with Crippen molar-refractivity contribution >= 4 is 5.82 Å². The van der Waals surface area contributed by atoms with E-state index in [-0.39, 0.29) is 12.3 Å². The average Bonchev–Trinajstić information content (AvgIpc) is 2.14. The lowest BCUT2D eigenvalue weighted by Gasteiger charge is -2.14. The highest BCUT2D eigenvalue weighted by molar-refractivity contribution is 5.40. The van der Waals surface area contributed by atoms with Crippen LogP contribution in [0, 0.1) is 0 Å². The Morgan fingerprint density at radius 2 is 2.13 bits per heavy atom. The minimum absolute atomic E-state index is 0.0411. The third-order valence-corrected chi connectivity index (χ3v) is 2.26. The summed E-state index contributed by atoms with van der Waals surface area (Å²) in [5.74, 6) is 0.0903. The van der Waals surface area contributed by atoms with Crippen LogP contribution in [0.2, 0.25) is 0 Å². The molecule has 0 amide bonds. The maximum Gasteiger partial charge on any atom is 0.389 e. The number of pyridine rings is 1. The van der Waals surface area contributed by atoms with Gasteiger partial charge in [0.2, 0.25) is 0 Å². The molecule has 15 heavy (non-hydrogen) atoms. The molecule has 0 spiro atoms. The summed E-state index contributed by atoms with van der Waals surface area (Å²) in [6.07, 6.45) is -3.33. The molecule has 0 saturated carbocycles. The van der Waals surface area contributed by atoms with E-state index >= 15 is 0 Å². The molecule has 0 aliphatic rings. The number of anilines is 1. The molecule has 0 unspecified atom stereocenters. The first-order valence-corrected chi connectivity index (χ1v) is 4.67. The zero-order valence-electron chi connectivity index (χ0n) is 8.38. The van der Waals surface area contributed by atoms with Gasteiger partial charge in [-0.3, -0.25) is 0 Å². The molecule has 1 aromatic heterocycles. The fraction of sp³-hybridized carbons (Fsp3) is 0.500. The molecule has 2 nitrogen and oxygen atoms in total. The monoisotopic (exact) mass is 218 g/mol. The van der Waals surface area contributed by atoms with Gasteiger partial charge in [0.25, 0.3) is 0 Å². The van der Waals surface area contributed by atoms with E-state index in [0.717, 1.165) is 0 Å². The van der Waals surface area contributed by atoms with Gasteiger partial charge in [-0.15, -0.1) is 0 Å². The van der Waals surface area contributed by atoms with Crippen LogP contribution in [0.4, 0.5) is 19.0 Å². The number of nitrogens with zero attached hydrogens (tertiary/aromatic N) is 1. The Morgan fingerprint density at radius 1 is 1.47 bits per heavy atom. The summed E-state index contributed by atoms with van der Waals surface area (Å²) in [6.45, 7) is 1.72. The van der Waals surface area contributed by atoms with Gasteiger partial charge in [0.05, 0.1) is 0 Å². The third kappa shape index (κ3) is 3.77. The van der Waals surface area contributed by atoms with Crippen molar-refractivity contribution in [2.24, 2.45) is 0 Å². The molecule has 5 heteroatoms. The standard InChI is InChI=1S/C10H13F3N2/c1-7(4-5-10(11,12)13)8-3-2-6-15-9(8)14/h2-3,6-7H,4-5H2,1H3,(H2,14,15)/t7-/m1/s1. The molecule has 0 radical (unpaired) electrons. The second kappa shape index (κ2) is 4.51. The SMILES string of the molecule is C[C@H](CCC(F)(F)F)c1cccnc1N. The largest absolute Gasteiger partial charge is 0.389 e. The number of nitrogen functional groups attached to an aromatic ring is 1. The van der Waals surface area contributed by atoms with E-state index in [1.54, 1.807) is 19.1 Å². The molecule has 1 rings (SSSR count). The number of nitrogens with two attached hydrogens (primary N) is 1. The van der Waals surface area contributed by atoms with Crippen LogP contribution in [0.25, 0.3) is 0 Å². The normalized spacial score (nSPS) is 13.9. The second-order valence-electron chi connectivity index (χ2n) is 3.53. The summed E-state index contributed by atoms with van der Waals surface area (Å²) in [4.78, 5) is 3.84. The highest BCUT2D eigenvalue weighted by atomic mass is 19.4. The van der Waals surface area contributed by atoms with Crippen molar-refractivity contribution in [3.05, 3.63) is 23.9 Å². The predicted octanol–water partition coefficient (Wildman–Crippen LogP) is 3.11. The van der Waals surface area contributed by atoms with Crippen molar-refractivity contribution in [1.29, 1.82) is 0 Å². The third-order valence-electron chi connectivity index (χ3n) is 2.26. The van der Waals surface area contributed by atoms with Crippen LogP contribution < -0.4 is 5.73 Å². The number of hydrogen-bond donors (Lipinski definition) is 1. The summed E-state index contributed by atoms with van der Waals surface area (Å²) < 4.78 is 36.0. The predicted molar refractivity (Wildman–Crippen MR) is 52.4 cm³/mol. The topological polar surface area (TPSA) is 38.9 Å². The molecule has 1 aromatic rings. The van der Waals surface area contributed by atoms with Gasteiger partial charge in [0, 0.05) is 12.6 Å². The molecular formula is C10H13F3N2. The van der Waals surface area contributed by atoms with Gasteiger partial charge in [0.1, 0.15) is 5.82 Å². The Morgan fingerprint density at radius 3 is 2.67 bits per heavy atom. The van der Waals surface area contributed by atoms with Crippen LogP contribution in [0.3, 0.4) is 0 Å². The van der Waals surface area contributed by atoms with Crippen molar-refractivity contribution in [2.45, 2.75) is 31.9 Å². The van der Waals surface area contributed by atoms with Gasteiger partial charge in [0.15, 0.2) is 0 Å². The fourth-order valence-corrected chi connectivity index (χ4v) is 1.38. The van der Waals surface area contributed by atoms with Crippen molar-refractivity contribution in [3.8, 4) is 0 Å². The van der Waals surface area contributed by atoms with Crippen molar-refractivity contribution < 1.29 is 13.2 Å². The average molecular weight is 218 g/mol. The maximum atomic E-state index is 12.0. The Balaban J connectivity index is 2.62. The molecule has 2 N–H and O–H groups in total. The molecule has 0 fully saturated rings. The minimum Gasteiger partial charge on any atom is -0.383 e. The summed E-state index contributed by atoms with van der Waals surface area (Å²) in [5.41, 5.74) is 6.25.